The zero-order chi connectivity index (χ0) is 12.8. The minimum absolute atomic E-state index is 0.0597. The maximum absolute atomic E-state index is 11.0. The molecule has 0 aliphatic carbocycles. The molecule has 0 unspecified atom stereocenters. The first-order chi connectivity index (χ1) is 8.08. The van der Waals surface area contributed by atoms with Gasteiger partial charge in [-0.3, -0.25) is 0 Å². The van der Waals surface area contributed by atoms with E-state index in [1.54, 1.807) is 12.1 Å². The van der Waals surface area contributed by atoms with E-state index >= 15 is 0 Å². The SMILES string of the molecule is COC(=O)/C=C/c1ccc(OC)cc1C(=O)O. The number of ether oxygens (including phenoxy) is 2. The molecule has 0 saturated heterocycles. The van der Waals surface area contributed by atoms with Gasteiger partial charge in [-0.2, -0.15) is 0 Å². The van der Waals surface area contributed by atoms with E-state index in [1.165, 1.54) is 26.4 Å². The van der Waals surface area contributed by atoms with Gasteiger partial charge < -0.3 is 14.6 Å². The summed E-state index contributed by atoms with van der Waals surface area (Å²) in [6.45, 7) is 0. The first kappa shape index (κ1) is 12.8. The molecule has 0 saturated carbocycles. The van der Waals surface area contributed by atoms with Gasteiger partial charge in [-0.1, -0.05) is 6.07 Å². The Morgan fingerprint density at radius 1 is 1.29 bits per heavy atom. The summed E-state index contributed by atoms with van der Waals surface area (Å²) < 4.78 is 9.35. The summed E-state index contributed by atoms with van der Waals surface area (Å²) >= 11 is 0. The van der Waals surface area contributed by atoms with Gasteiger partial charge in [0.25, 0.3) is 0 Å². The van der Waals surface area contributed by atoms with Gasteiger partial charge in [0.15, 0.2) is 0 Å². The molecule has 0 fully saturated rings. The van der Waals surface area contributed by atoms with Crippen molar-refractivity contribution < 1.29 is 24.2 Å². The number of carbonyl (C=O) groups is 2. The smallest absolute Gasteiger partial charge is 0.336 e. The molecule has 0 atom stereocenters. The molecule has 0 heterocycles. The minimum Gasteiger partial charge on any atom is -0.497 e. The molecule has 1 N–H and O–H groups in total. The molecule has 0 radical (unpaired) electrons. The van der Waals surface area contributed by atoms with Crippen LogP contribution in [0.1, 0.15) is 15.9 Å². The van der Waals surface area contributed by atoms with Crippen molar-refractivity contribution in [2.75, 3.05) is 14.2 Å². The highest BCUT2D eigenvalue weighted by Gasteiger charge is 2.09. The lowest BCUT2D eigenvalue weighted by atomic mass is 10.1. The molecule has 90 valence electrons. The molecule has 0 aliphatic heterocycles. The van der Waals surface area contributed by atoms with Gasteiger partial charge in [-0.05, 0) is 23.8 Å². The second kappa shape index (κ2) is 5.69. The van der Waals surface area contributed by atoms with Crippen LogP contribution in [0.3, 0.4) is 0 Å². The van der Waals surface area contributed by atoms with E-state index in [2.05, 4.69) is 4.74 Å². The van der Waals surface area contributed by atoms with Gasteiger partial charge in [0.05, 0.1) is 19.8 Å². The van der Waals surface area contributed by atoms with Gasteiger partial charge in [0, 0.05) is 6.08 Å². The van der Waals surface area contributed by atoms with Crippen molar-refractivity contribution >= 4 is 18.0 Å². The highest BCUT2D eigenvalue weighted by molar-refractivity contribution is 5.95. The Bertz CT molecular complexity index is 462. The summed E-state index contributed by atoms with van der Waals surface area (Å²) in [5.41, 5.74) is 0.466. The first-order valence-electron chi connectivity index (χ1n) is 4.76. The predicted molar refractivity (Wildman–Crippen MR) is 61.0 cm³/mol. The van der Waals surface area contributed by atoms with E-state index in [0.29, 0.717) is 11.3 Å². The number of rotatable bonds is 4. The number of benzene rings is 1. The van der Waals surface area contributed by atoms with E-state index in [1.807, 2.05) is 0 Å². The topological polar surface area (TPSA) is 72.8 Å². The van der Waals surface area contributed by atoms with Crippen LogP contribution in [-0.2, 0) is 9.53 Å². The normalized spacial score (nSPS) is 10.2. The van der Waals surface area contributed by atoms with E-state index in [-0.39, 0.29) is 5.56 Å². The molecule has 5 nitrogen and oxygen atoms in total. The molecule has 0 aromatic heterocycles. The van der Waals surface area contributed by atoms with Crippen LogP contribution in [0.5, 0.6) is 5.75 Å². The Balaban J connectivity index is 3.11. The largest absolute Gasteiger partial charge is 0.497 e. The van der Waals surface area contributed by atoms with Crippen LogP contribution in [0.15, 0.2) is 24.3 Å². The fourth-order valence-corrected chi connectivity index (χ4v) is 1.22. The number of hydrogen-bond donors (Lipinski definition) is 1. The third-order valence-corrected chi connectivity index (χ3v) is 2.09. The number of hydrogen-bond acceptors (Lipinski definition) is 4. The molecule has 0 amide bonds. The number of esters is 1. The van der Waals surface area contributed by atoms with Crippen molar-refractivity contribution in [1.29, 1.82) is 0 Å². The molecular weight excluding hydrogens is 224 g/mol. The third kappa shape index (κ3) is 3.34. The van der Waals surface area contributed by atoms with E-state index in [0.717, 1.165) is 6.08 Å². The summed E-state index contributed by atoms with van der Waals surface area (Å²) in [7, 11) is 2.70. The number of methoxy groups -OCH3 is 2. The van der Waals surface area contributed by atoms with Gasteiger partial charge in [0.2, 0.25) is 0 Å². The summed E-state index contributed by atoms with van der Waals surface area (Å²) in [6.07, 6.45) is 2.54. The average molecular weight is 236 g/mol. The highest BCUT2D eigenvalue weighted by Crippen LogP contribution is 2.19. The summed E-state index contributed by atoms with van der Waals surface area (Å²) in [5.74, 6) is -1.19. The second-order valence-electron chi connectivity index (χ2n) is 3.11. The third-order valence-electron chi connectivity index (χ3n) is 2.09. The van der Waals surface area contributed by atoms with Crippen molar-refractivity contribution in [2.24, 2.45) is 0 Å². The monoisotopic (exact) mass is 236 g/mol. The van der Waals surface area contributed by atoms with Gasteiger partial charge in [-0.25, -0.2) is 9.59 Å². The number of carboxylic acid groups (broad SMARTS) is 1. The molecule has 0 aliphatic rings. The van der Waals surface area contributed by atoms with Gasteiger partial charge in [0.1, 0.15) is 5.75 Å². The standard InChI is InChI=1S/C12H12O5/c1-16-9-5-3-8(4-6-11(13)17-2)10(7-9)12(14)15/h3-7H,1-2H3,(H,14,15)/b6-4+. The van der Waals surface area contributed by atoms with Crippen LogP contribution in [0.25, 0.3) is 6.08 Å². The maximum atomic E-state index is 11.0. The molecule has 0 spiro atoms. The van der Waals surface area contributed by atoms with Crippen LogP contribution >= 0.6 is 0 Å². The molecule has 0 bridgehead atoms. The van der Waals surface area contributed by atoms with Crippen LogP contribution in [0.2, 0.25) is 0 Å². The van der Waals surface area contributed by atoms with Crippen LogP contribution < -0.4 is 4.74 Å². The Labute approximate surface area is 98.3 Å². The van der Waals surface area contributed by atoms with E-state index in [4.69, 9.17) is 9.84 Å². The Hall–Kier alpha value is -2.30. The first-order valence-corrected chi connectivity index (χ1v) is 4.76. The Morgan fingerprint density at radius 2 is 2.00 bits per heavy atom. The quantitative estimate of drug-likeness (QED) is 0.634. The summed E-state index contributed by atoms with van der Waals surface area (Å²) in [6, 6.07) is 4.56. The summed E-state index contributed by atoms with van der Waals surface area (Å²) in [5, 5.41) is 9.00. The van der Waals surface area contributed by atoms with Crippen molar-refractivity contribution in [3.05, 3.63) is 35.4 Å². The highest BCUT2D eigenvalue weighted by atomic mass is 16.5. The van der Waals surface area contributed by atoms with Crippen LogP contribution in [0.4, 0.5) is 0 Å². The van der Waals surface area contributed by atoms with Crippen molar-refractivity contribution in [2.45, 2.75) is 0 Å². The Morgan fingerprint density at radius 3 is 2.53 bits per heavy atom. The van der Waals surface area contributed by atoms with Gasteiger partial charge in [-0.15, -0.1) is 0 Å². The lowest BCUT2D eigenvalue weighted by molar-refractivity contribution is -0.134. The van der Waals surface area contributed by atoms with Gasteiger partial charge >= 0.3 is 11.9 Å². The lowest BCUT2D eigenvalue weighted by Gasteiger charge is -2.04. The zero-order valence-corrected chi connectivity index (χ0v) is 9.47. The van der Waals surface area contributed by atoms with Crippen molar-refractivity contribution in [1.82, 2.24) is 0 Å². The van der Waals surface area contributed by atoms with Crippen molar-refractivity contribution in [3.63, 3.8) is 0 Å². The average Bonchev–Trinajstić information content (AvgIpc) is 2.35. The maximum Gasteiger partial charge on any atom is 0.336 e. The van der Waals surface area contributed by atoms with E-state index < -0.39 is 11.9 Å². The molecule has 5 heteroatoms. The Kier molecular flexibility index (Phi) is 4.28. The second-order valence-corrected chi connectivity index (χ2v) is 3.11. The lowest BCUT2D eigenvalue weighted by Crippen LogP contribution is -2.01. The number of carbonyl (C=O) groups excluding carboxylic acids is 1. The molecule has 1 aromatic carbocycles. The molecule has 1 aromatic rings. The molecule has 1 rings (SSSR count). The summed E-state index contributed by atoms with van der Waals surface area (Å²) in [4.78, 5) is 21.9. The van der Waals surface area contributed by atoms with Crippen molar-refractivity contribution in [3.8, 4) is 5.75 Å². The fourth-order valence-electron chi connectivity index (χ4n) is 1.22. The number of aromatic carboxylic acids is 1. The van der Waals surface area contributed by atoms with E-state index in [9.17, 15) is 9.59 Å². The zero-order valence-electron chi connectivity index (χ0n) is 9.47. The fraction of sp³-hybridized carbons (Fsp3) is 0.167. The molecule has 17 heavy (non-hydrogen) atoms. The predicted octanol–water partition coefficient (Wildman–Crippen LogP) is 1.58. The minimum atomic E-state index is -1.09. The van der Waals surface area contributed by atoms with Crippen LogP contribution in [-0.4, -0.2) is 31.3 Å². The molecular formula is C12H12O5. The van der Waals surface area contributed by atoms with Crippen LogP contribution in [0, 0.1) is 0 Å². The number of carboxylic acids is 1.